The van der Waals surface area contributed by atoms with Crippen molar-refractivity contribution in [1.82, 2.24) is 10.9 Å². The molecule has 1 aliphatic carbocycles. The third-order valence-corrected chi connectivity index (χ3v) is 8.01. The lowest BCUT2D eigenvalue weighted by molar-refractivity contribution is -0.155. The molecule has 34 heavy (non-hydrogen) atoms. The number of nitrogens with one attached hydrogen (secondary N) is 2. The van der Waals surface area contributed by atoms with Crippen LogP contribution in [0.15, 0.2) is 91.0 Å². The highest BCUT2D eigenvalue weighted by Crippen LogP contribution is 2.56. The van der Waals surface area contributed by atoms with Gasteiger partial charge >= 0.3 is 5.97 Å². The van der Waals surface area contributed by atoms with Gasteiger partial charge in [-0.1, -0.05) is 105 Å². The van der Waals surface area contributed by atoms with Gasteiger partial charge in [-0.15, -0.1) is 0 Å². The van der Waals surface area contributed by atoms with Crippen molar-refractivity contribution in [2.75, 3.05) is 0 Å². The fourth-order valence-corrected chi connectivity index (χ4v) is 5.37. The Labute approximate surface area is 201 Å². The van der Waals surface area contributed by atoms with Crippen molar-refractivity contribution >= 4 is 11.9 Å². The second-order valence-electron chi connectivity index (χ2n) is 9.91. The van der Waals surface area contributed by atoms with E-state index < -0.39 is 28.3 Å². The zero-order chi connectivity index (χ0) is 24.4. The van der Waals surface area contributed by atoms with Gasteiger partial charge in [-0.2, -0.15) is 0 Å². The molecule has 0 saturated heterocycles. The van der Waals surface area contributed by atoms with Crippen molar-refractivity contribution in [3.63, 3.8) is 0 Å². The number of carboxylic acid groups (broad SMARTS) is 1. The van der Waals surface area contributed by atoms with Gasteiger partial charge in [0.25, 0.3) is 0 Å². The number of carboxylic acids is 1. The minimum absolute atomic E-state index is 0.192. The van der Waals surface area contributed by atoms with Crippen LogP contribution in [0.3, 0.4) is 0 Å². The van der Waals surface area contributed by atoms with E-state index in [1.807, 2.05) is 105 Å². The van der Waals surface area contributed by atoms with Crippen molar-refractivity contribution in [2.45, 2.75) is 39.2 Å². The Bertz CT molecular complexity index is 1050. The molecular weight excluding hydrogens is 424 g/mol. The molecule has 0 heterocycles. The number of carbonyl (C=O) groups excluding carboxylic acids is 1. The first kappa shape index (κ1) is 23.7. The van der Waals surface area contributed by atoms with Crippen molar-refractivity contribution in [2.24, 2.45) is 16.7 Å². The molecule has 2 atom stereocenters. The Morgan fingerprint density at radius 2 is 1.21 bits per heavy atom. The number of hydrazine groups is 1. The van der Waals surface area contributed by atoms with Crippen molar-refractivity contribution < 1.29 is 14.7 Å². The van der Waals surface area contributed by atoms with E-state index in [0.717, 1.165) is 16.7 Å². The van der Waals surface area contributed by atoms with E-state index in [-0.39, 0.29) is 5.91 Å². The van der Waals surface area contributed by atoms with E-state index in [1.54, 1.807) is 6.92 Å². The normalized spacial score (nSPS) is 21.7. The van der Waals surface area contributed by atoms with Crippen molar-refractivity contribution in [3.8, 4) is 0 Å². The lowest BCUT2D eigenvalue weighted by atomic mass is 9.65. The zero-order valence-corrected chi connectivity index (χ0v) is 19.9. The quantitative estimate of drug-likeness (QED) is 0.340. The fourth-order valence-electron chi connectivity index (χ4n) is 5.37. The highest BCUT2D eigenvalue weighted by Gasteiger charge is 2.58. The number of benzene rings is 3. The number of carbonyl (C=O) groups is 2. The number of hydrogen-bond acceptors (Lipinski definition) is 3. The summed E-state index contributed by atoms with van der Waals surface area (Å²) in [5.74, 6) is -1.48. The fraction of sp³-hybridized carbons (Fsp3) is 0.310. The van der Waals surface area contributed by atoms with Gasteiger partial charge in [-0.25, -0.2) is 5.43 Å². The first-order valence-corrected chi connectivity index (χ1v) is 11.7. The summed E-state index contributed by atoms with van der Waals surface area (Å²) in [5, 5.41) is 9.87. The Morgan fingerprint density at radius 1 is 0.794 bits per heavy atom. The van der Waals surface area contributed by atoms with Gasteiger partial charge < -0.3 is 5.11 Å². The van der Waals surface area contributed by atoms with Crippen LogP contribution in [0.4, 0.5) is 0 Å². The van der Waals surface area contributed by atoms with E-state index in [9.17, 15) is 14.7 Å². The van der Waals surface area contributed by atoms with E-state index in [0.29, 0.717) is 12.8 Å². The van der Waals surface area contributed by atoms with Crippen LogP contribution in [0.25, 0.3) is 0 Å². The molecule has 0 spiro atoms. The predicted molar refractivity (Wildman–Crippen MR) is 133 cm³/mol. The number of amides is 1. The predicted octanol–water partition coefficient (Wildman–Crippen LogP) is 5.13. The van der Waals surface area contributed by atoms with Gasteiger partial charge in [0, 0.05) is 5.92 Å². The highest BCUT2D eigenvalue weighted by molar-refractivity contribution is 5.83. The van der Waals surface area contributed by atoms with E-state index in [4.69, 9.17) is 0 Å². The Kier molecular flexibility index (Phi) is 6.32. The number of rotatable bonds is 7. The Balaban J connectivity index is 1.75. The van der Waals surface area contributed by atoms with Crippen LogP contribution in [-0.4, -0.2) is 17.0 Å². The van der Waals surface area contributed by atoms with Crippen LogP contribution >= 0.6 is 0 Å². The van der Waals surface area contributed by atoms with Crippen LogP contribution in [0, 0.1) is 16.7 Å². The average Bonchev–Trinajstić information content (AvgIpc) is 3.11. The van der Waals surface area contributed by atoms with Crippen LogP contribution in [-0.2, 0) is 15.1 Å². The summed E-state index contributed by atoms with van der Waals surface area (Å²) in [6.07, 6.45) is 0.993. The largest absolute Gasteiger partial charge is 0.481 e. The van der Waals surface area contributed by atoms with Gasteiger partial charge in [0.1, 0.15) is 5.54 Å². The molecule has 2 unspecified atom stereocenters. The average molecular weight is 457 g/mol. The molecule has 5 heteroatoms. The maximum atomic E-state index is 13.5. The molecule has 0 radical (unpaired) electrons. The van der Waals surface area contributed by atoms with E-state index in [1.165, 1.54) is 0 Å². The van der Waals surface area contributed by atoms with Gasteiger partial charge in [-0.05, 0) is 41.9 Å². The summed E-state index contributed by atoms with van der Waals surface area (Å²) in [6.45, 7) is 5.52. The molecule has 3 aromatic rings. The molecule has 0 aliphatic heterocycles. The molecule has 1 fully saturated rings. The number of aliphatic carboxylic acids is 1. The molecule has 1 amide bonds. The molecule has 0 bridgehead atoms. The van der Waals surface area contributed by atoms with Crippen LogP contribution in [0.5, 0.6) is 0 Å². The summed E-state index contributed by atoms with van der Waals surface area (Å²) >= 11 is 0. The van der Waals surface area contributed by atoms with Gasteiger partial charge in [0.05, 0.1) is 5.41 Å². The topological polar surface area (TPSA) is 78.4 Å². The molecule has 176 valence electrons. The summed E-state index contributed by atoms with van der Waals surface area (Å²) in [7, 11) is 0. The first-order valence-electron chi connectivity index (χ1n) is 11.7. The molecule has 1 aliphatic rings. The second kappa shape index (κ2) is 9.07. The SMILES string of the molecule is CC1(C(=O)O)CCC(C(=O)NNC(c2ccccc2)(c2ccccc2)c2ccccc2)C1(C)C. The Morgan fingerprint density at radius 3 is 1.56 bits per heavy atom. The van der Waals surface area contributed by atoms with Crippen molar-refractivity contribution in [3.05, 3.63) is 108 Å². The third kappa shape index (κ3) is 3.80. The van der Waals surface area contributed by atoms with Gasteiger partial charge in [0.2, 0.25) is 5.91 Å². The summed E-state index contributed by atoms with van der Waals surface area (Å²) < 4.78 is 0. The Hall–Kier alpha value is -3.44. The lowest BCUT2D eigenvalue weighted by Gasteiger charge is -2.40. The molecule has 4 rings (SSSR count). The molecule has 0 aromatic heterocycles. The molecule has 1 saturated carbocycles. The monoisotopic (exact) mass is 456 g/mol. The lowest BCUT2D eigenvalue weighted by Crippen LogP contribution is -2.56. The molecule has 5 nitrogen and oxygen atoms in total. The molecule has 3 N–H and O–H groups in total. The third-order valence-electron chi connectivity index (χ3n) is 8.01. The molecule has 3 aromatic carbocycles. The minimum Gasteiger partial charge on any atom is -0.481 e. The van der Waals surface area contributed by atoms with E-state index >= 15 is 0 Å². The zero-order valence-electron chi connectivity index (χ0n) is 19.9. The summed E-state index contributed by atoms with van der Waals surface area (Å²) in [6, 6.07) is 30.1. The van der Waals surface area contributed by atoms with Crippen molar-refractivity contribution in [1.29, 1.82) is 0 Å². The first-order chi connectivity index (χ1) is 16.2. The minimum atomic E-state index is -0.954. The summed E-state index contributed by atoms with van der Waals surface area (Å²) in [4.78, 5) is 25.6. The molecular formula is C29H32N2O3. The second-order valence-corrected chi connectivity index (χ2v) is 9.91. The van der Waals surface area contributed by atoms with Crippen LogP contribution in [0.2, 0.25) is 0 Å². The highest BCUT2D eigenvalue weighted by atomic mass is 16.4. The maximum Gasteiger partial charge on any atom is 0.309 e. The maximum absolute atomic E-state index is 13.5. The standard InChI is InChI=1S/C29H32N2O3/c1-27(2)24(19-20-28(27,3)26(33)34)25(32)30-31-29(21-13-7-4-8-14-21,22-15-9-5-10-16-22)23-17-11-6-12-18-23/h4-18,24,31H,19-20H2,1-3H3,(H,30,32)(H,33,34). The van der Waals surface area contributed by atoms with E-state index in [2.05, 4.69) is 10.9 Å². The van der Waals surface area contributed by atoms with Crippen LogP contribution < -0.4 is 10.9 Å². The van der Waals surface area contributed by atoms with Crippen LogP contribution in [0.1, 0.15) is 50.3 Å². The van der Waals surface area contributed by atoms with Gasteiger partial charge in [0.15, 0.2) is 0 Å². The summed E-state index contributed by atoms with van der Waals surface area (Å²) in [5.41, 5.74) is 6.87. The van der Waals surface area contributed by atoms with Gasteiger partial charge in [-0.3, -0.25) is 15.0 Å². The number of hydrogen-bond donors (Lipinski definition) is 3. The smallest absolute Gasteiger partial charge is 0.309 e.